The van der Waals surface area contributed by atoms with E-state index < -0.39 is 34.9 Å². The number of amides is 2. The minimum Gasteiger partial charge on any atom is -0.442 e. The zero-order valence-corrected chi connectivity index (χ0v) is 16.5. The summed E-state index contributed by atoms with van der Waals surface area (Å²) < 4.78 is 57.8. The molecule has 12 heteroatoms. The van der Waals surface area contributed by atoms with E-state index in [1.54, 1.807) is 0 Å². The van der Waals surface area contributed by atoms with E-state index in [0.717, 1.165) is 24.0 Å². The highest BCUT2D eigenvalue weighted by atomic mass is 32.2. The molecule has 7 nitrogen and oxygen atoms in total. The predicted octanol–water partition coefficient (Wildman–Crippen LogP) is 2.81. The molecule has 1 atom stereocenters. The number of carbonyl (C=O) groups excluding carboxylic acids is 3. The first kappa shape index (κ1) is 21.9. The van der Waals surface area contributed by atoms with Gasteiger partial charge >= 0.3 is 12.3 Å². The van der Waals surface area contributed by atoms with Crippen LogP contribution in [0.5, 0.6) is 0 Å². The van der Waals surface area contributed by atoms with Gasteiger partial charge in [-0.2, -0.15) is 13.2 Å². The van der Waals surface area contributed by atoms with Crippen molar-refractivity contribution in [3.05, 3.63) is 35.1 Å². The molecule has 0 aliphatic carbocycles. The van der Waals surface area contributed by atoms with Crippen LogP contribution in [0.4, 0.5) is 33.7 Å². The van der Waals surface area contributed by atoms with E-state index in [1.807, 2.05) is 0 Å². The van der Waals surface area contributed by atoms with Crippen LogP contribution < -0.4 is 15.1 Å². The predicted molar refractivity (Wildman–Crippen MR) is 102 cm³/mol. The minimum atomic E-state index is -5.01. The fourth-order valence-electron chi connectivity index (χ4n) is 2.94. The minimum absolute atomic E-state index is 0.0196. The molecule has 0 radical (unpaired) electrons. The number of benzene rings is 1. The van der Waals surface area contributed by atoms with Gasteiger partial charge in [-0.25, -0.2) is 9.18 Å². The third-order valence-corrected chi connectivity index (χ3v) is 5.34. The molecular formula is C18H17F4N3O4S. The Morgan fingerprint density at radius 1 is 1.33 bits per heavy atom. The van der Waals surface area contributed by atoms with Crippen LogP contribution in [0.3, 0.4) is 0 Å². The maximum Gasteiger partial charge on any atom is 0.455 e. The summed E-state index contributed by atoms with van der Waals surface area (Å²) >= 11 is 0.761. The highest BCUT2D eigenvalue weighted by molar-refractivity contribution is 8.04. The highest BCUT2D eigenvalue weighted by Gasteiger charge is 2.42. The van der Waals surface area contributed by atoms with Crippen molar-refractivity contribution in [3.63, 3.8) is 0 Å². The van der Waals surface area contributed by atoms with Crippen LogP contribution in [0.25, 0.3) is 0 Å². The number of halogens is 4. The molecule has 1 fully saturated rings. The molecule has 2 aliphatic heterocycles. The number of carbonyl (C=O) groups is 3. The quantitative estimate of drug-likeness (QED) is 0.700. The molecule has 1 aromatic carbocycles. The van der Waals surface area contributed by atoms with Gasteiger partial charge in [0, 0.05) is 25.4 Å². The van der Waals surface area contributed by atoms with Crippen LogP contribution >= 0.6 is 11.8 Å². The number of hydrogen-bond donors (Lipinski definition) is 1. The maximum atomic E-state index is 14.7. The zero-order valence-electron chi connectivity index (χ0n) is 15.7. The normalized spacial score (nSPS) is 19.4. The number of ketones is 1. The average molecular weight is 447 g/mol. The van der Waals surface area contributed by atoms with Gasteiger partial charge in [-0.05, 0) is 18.2 Å². The lowest BCUT2D eigenvalue weighted by molar-refractivity contribution is -0.165. The summed E-state index contributed by atoms with van der Waals surface area (Å²) in [5.41, 5.74) is 0.183. The molecule has 3 rings (SSSR count). The van der Waals surface area contributed by atoms with Crippen molar-refractivity contribution >= 4 is 40.9 Å². The van der Waals surface area contributed by atoms with Gasteiger partial charge in [-0.15, -0.1) is 11.8 Å². The summed E-state index contributed by atoms with van der Waals surface area (Å²) in [7, 11) is 0. The zero-order chi connectivity index (χ0) is 22.1. The first-order valence-electron chi connectivity index (χ1n) is 8.81. The van der Waals surface area contributed by atoms with E-state index in [4.69, 9.17) is 4.74 Å². The van der Waals surface area contributed by atoms with Crippen molar-refractivity contribution in [1.29, 1.82) is 0 Å². The smallest absolute Gasteiger partial charge is 0.442 e. The molecule has 2 amide bonds. The van der Waals surface area contributed by atoms with Gasteiger partial charge in [0.1, 0.15) is 11.9 Å². The Kier molecular flexibility index (Phi) is 6.25. The van der Waals surface area contributed by atoms with Gasteiger partial charge < -0.3 is 15.0 Å². The summed E-state index contributed by atoms with van der Waals surface area (Å²) in [6.45, 7) is 1.75. The van der Waals surface area contributed by atoms with Crippen molar-refractivity contribution < 1.29 is 36.7 Å². The van der Waals surface area contributed by atoms with Crippen LogP contribution in [0.2, 0.25) is 0 Å². The lowest BCUT2D eigenvalue weighted by Crippen LogP contribution is -2.33. The first-order chi connectivity index (χ1) is 14.1. The van der Waals surface area contributed by atoms with E-state index in [0.29, 0.717) is 0 Å². The fourth-order valence-corrected chi connectivity index (χ4v) is 3.90. The number of allylic oxidation sites excluding steroid dienone is 1. The second-order valence-electron chi connectivity index (χ2n) is 6.55. The third-order valence-electron chi connectivity index (χ3n) is 4.35. The lowest BCUT2D eigenvalue weighted by atomic mass is 10.2. The van der Waals surface area contributed by atoms with Gasteiger partial charge in [0.25, 0.3) is 5.78 Å². The largest absolute Gasteiger partial charge is 0.455 e. The molecule has 0 bridgehead atoms. The SMILES string of the molecule is CC(=O)NCC1CN(c2ccc(N3C=C(C(=O)C(F)(F)F)SCC3)c(F)c2)C(=O)O1. The molecule has 0 spiro atoms. The monoisotopic (exact) mass is 447 g/mol. The number of nitrogens with zero attached hydrogens (tertiary/aromatic N) is 2. The topological polar surface area (TPSA) is 79.0 Å². The summed E-state index contributed by atoms with van der Waals surface area (Å²) in [6.07, 6.45) is -5.32. The summed E-state index contributed by atoms with van der Waals surface area (Å²) in [5, 5.41) is 2.53. The lowest BCUT2D eigenvalue weighted by Gasteiger charge is -2.27. The van der Waals surface area contributed by atoms with Crippen molar-refractivity contribution in [3.8, 4) is 0 Å². The van der Waals surface area contributed by atoms with Crippen molar-refractivity contribution in [2.24, 2.45) is 0 Å². The molecule has 1 saturated heterocycles. The number of ether oxygens (including phenoxy) is 1. The number of nitrogens with one attached hydrogen (secondary N) is 1. The Balaban J connectivity index is 1.76. The van der Waals surface area contributed by atoms with Crippen molar-refractivity contribution in [2.45, 2.75) is 19.2 Å². The molecule has 162 valence electrons. The van der Waals surface area contributed by atoms with Gasteiger partial charge in [0.05, 0.1) is 29.4 Å². The molecule has 0 aromatic heterocycles. The number of Topliss-reactive ketones (excluding diaryl/α,β-unsaturated/α-hetero) is 1. The second kappa shape index (κ2) is 8.54. The Morgan fingerprint density at radius 3 is 2.70 bits per heavy atom. The van der Waals surface area contributed by atoms with Crippen LogP contribution in [-0.2, 0) is 14.3 Å². The van der Waals surface area contributed by atoms with E-state index in [-0.39, 0.29) is 42.7 Å². The summed E-state index contributed by atoms with van der Waals surface area (Å²) in [4.78, 5) is 36.4. The molecule has 2 aliphatic rings. The molecule has 0 saturated carbocycles. The number of hydrogen-bond acceptors (Lipinski definition) is 6. The molecule has 2 heterocycles. The van der Waals surface area contributed by atoms with E-state index in [1.165, 1.54) is 28.9 Å². The van der Waals surface area contributed by atoms with E-state index in [2.05, 4.69) is 5.32 Å². The molecule has 1 aromatic rings. The van der Waals surface area contributed by atoms with Crippen molar-refractivity contribution in [2.75, 3.05) is 35.2 Å². The summed E-state index contributed by atoms with van der Waals surface area (Å²) in [5.74, 6) is -2.85. The number of anilines is 2. The average Bonchev–Trinajstić information content (AvgIpc) is 3.05. The van der Waals surface area contributed by atoms with Crippen LogP contribution in [0.15, 0.2) is 29.3 Å². The number of thioether (sulfide) groups is 1. The Bertz CT molecular complexity index is 906. The fraction of sp³-hybridized carbons (Fsp3) is 0.389. The highest BCUT2D eigenvalue weighted by Crippen LogP contribution is 2.34. The van der Waals surface area contributed by atoms with Gasteiger partial charge in [-0.3, -0.25) is 14.5 Å². The first-order valence-corrected chi connectivity index (χ1v) is 9.79. The molecule has 1 N–H and O–H groups in total. The Labute approximate surface area is 173 Å². The number of alkyl halides is 3. The van der Waals surface area contributed by atoms with E-state index >= 15 is 0 Å². The maximum absolute atomic E-state index is 14.7. The second-order valence-corrected chi connectivity index (χ2v) is 7.69. The number of cyclic esters (lactones) is 1. The van der Waals surface area contributed by atoms with Gasteiger partial charge in [0.15, 0.2) is 0 Å². The molecule has 1 unspecified atom stereocenters. The van der Waals surface area contributed by atoms with Crippen LogP contribution in [-0.4, -0.2) is 55.5 Å². The van der Waals surface area contributed by atoms with Gasteiger partial charge in [0.2, 0.25) is 5.91 Å². The van der Waals surface area contributed by atoms with Crippen molar-refractivity contribution in [1.82, 2.24) is 5.32 Å². The Hall–Kier alpha value is -2.76. The third kappa shape index (κ3) is 4.86. The molecule has 30 heavy (non-hydrogen) atoms. The Morgan fingerprint density at radius 2 is 2.07 bits per heavy atom. The summed E-state index contributed by atoms with van der Waals surface area (Å²) in [6, 6.07) is 3.82. The van der Waals surface area contributed by atoms with Crippen LogP contribution in [0.1, 0.15) is 6.92 Å². The molecular weight excluding hydrogens is 430 g/mol. The standard InChI is InChI=1S/C18H17F4N3O4S/c1-10(26)23-7-12-8-25(17(28)29-12)11-2-3-14(13(19)6-11)24-4-5-30-15(9-24)16(27)18(20,21)22/h2-3,6,9,12H,4-5,7-8H2,1H3,(H,23,26). The van der Waals surface area contributed by atoms with Gasteiger partial charge in [-0.1, -0.05) is 0 Å². The van der Waals surface area contributed by atoms with Crippen LogP contribution in [0, 0.1) is 5.82 Å². The number of rotatable bonds is 5. The van der Waals surface area contributed by atoms with E-state index in [9.17, 15) is 31.9 Å².